The van der Waals surface area contributed by atoms with Crippen LogP contribution in [0.5, 0.6) is 0 Å². The molecule has 1 fully saturated rings. The van der Waals surface area contributed by atoms with Crippen molar-refractivity contribution in [2.45, 2.75) is 31.7 Å². The fourth-order valence-electron chi connectivity index (χ4n) is 2.66. The van der Waals surface area contributed by atoms with E-state index in [9.17, 15) is 24.0 Å². The second-order valence-electron chi connectivity index (χ2n) is 6.39. The molecule has 2 aliphatic rings. The van der Waals surface area contributed by atoms with Crippen molar-refractivity contribution in [3.8, 4) is 0 Å². The smallest absolute Gasteiger partial charge is 0.321 e. The Hall–Kier alpha value is -3.23. The molecule has 1 aromatic carbocycles. The third-order valence-electron chi connectivity index (χ3n) is 4.20. The highest BCUT2D eigenvalue weighted by Crippen LogP contribution is 2.20. The number of urea groups is 1. The molecule has 0 unspecified atom stereocenters. The maximum Gasteiger partial charge on any atom is 0.321 e. The summed E-state index contributed by atoms with van der Waals surface area (Å²) >= 11 is 0. The molecule has 9 nitrogen and oxygen atoms in total. The Bertz CT molecular complexity index is 802. The van der Waals surface area contributed by atoms with Crippen LogP contribution in [0.4, 0.5) is 4.79 Å². The van der Waals surface area contributed by atoms with Gasteiger partial charge in [0.1, 0.15) is 0 Å². The van der Waals surface area contributed by atoms with E-state index in [1.165, 1.54) is 0 Å². The maximum absolute atomic E-state index is 12.4. The van der Waals surface area contributed by atoms with Gasteiger partial charge in [0.25, 0.3) is 11.8 Å². The normalized spacial score (nSPS) is 15.8. The van der Waals surface area contributed by atoms with Crippen LogP contribution in [-0.2, 0) is 25.5 Å². The monoisotopic (exact) mass is 373 g/mol. The molecule has 0 bridgehead atoms. The van der Waals surface area contributed by atoms with Gasteiger partial charge in [0.15, 0.2) is 6.61 Å². The molecule has 0 atom stereocenters. The predicted molar refractivity (Wildman–Crippen MR) is 91.5 cm³/mol. The molecular weight excluding hydrogens is 354 g/mol. The number of imide groups is 2. The molecule has 1 aromatic rings. The molecule has 142 valence electrons. The molecule has 0 radical (unpaired) electrons. The molecule has 1 aliphatic heterocycles. The largest absolute Gasteiger partial charge is 0.456 e. The van der Waals surface area contributed by atoms with Crippen molar-refractivity contribution in [1.82, 2.24) is 15.5 Å². The fourth-order valence-corrected chi connectivity index (χ4v) is 2.66. The number of carbonyl (C=O) groups excluding carboxylic acids is 5. The van der Waals surface area contributed by atoms with E-state index in [1.54, 1.807) is 24.3 Å². The van der Waals surface area contributed by atoms with Crippen LogP contribution >= 0.6 is 0 Å². The summed E-state index contributed by atoms with van der Waals surface area (Å²) in [5, 5.41) is 4.62. The Morgan fingerprint density at radius 2 is 1.89 bits per heavy atom. The molecular formula is C18H19N3O6. The summed E-state index contributed by atoms with van der Waals surface area (Å²) in [6.07, 6.45) is 1.63. The highest BCUT2D eigenvalue weighted by atomic mass is 16.5. The minimum Gasteiger partial charge on any atom is -0.456 e. The number of esters is 1. The Balaban J connectivity index is 1.42. The molecule has 5 amide bonds. The number of hydrogen-bond donors (Lipinski definition) is 2. The lowest BCUT2D eigenvalue weighted by molar-refractivity contribution is -0.148. The zero-order valence-electron chi connectivity index (χ0n) is 14.5. The SMILES string of the molecule is O=C(COC(=O)CCN1C(=O)Cc2ccccc2C1=O)NC(=O)NC1CC1. The summed E-state index contributed by atoms with van der Waals surface area (Å²) in [5.74, 6) is -2.34. The molecule has 9 heteroatoms. The third-order valence-corrected chi connectivity index (χ3v) is 4.20. The number of nitrogens with one attached hydrogen (secondary N) is 2. The van der Waals surface area contributed by atoms with Gasteiger partial charge in [0.05, 0.1) is 12.8 Å². The first-order chi connectivity index (χ1) is 12.9. The first-order valence-electron chi connectivity index (χ1n) is 8.62. The number of hydrogen-bond acceptors (Lipinski definition) is 6. The number of nitrogens with zero attached hydrogens (tertiary/aromatic N) is 1. The van der Waals surface area contributed by atoms with Crippen LogP contribution in [0.25, 0.3) is 0 Å². The topological polar surface area (TPSA) is 122 Å². The first-order valence-corrected chi connectivity index (χ1v) is 8.62. The standard InChI is InChI=1S/C18H19N3O6/c22-14(20-18(26)19-12-5-6-12)10-27-16(24)7-8-21-15(23)9-11-3-1-2-4-13(11)17(21)25/h1-4,12H,5-10H2,(H2,19,20,22,26). The Morgan fingerprint density at radius 3 is 2.63 bits per heavy atom. The van der Waals surface area contributed by atoms with Gasteiger partial charge in [-0.1, -0.05) is 18.2 Å². The van der Waals surface area contributed by atoms with E-state index in [1.807, 2.05) is 0 Å². The number of amides is 5. The highest BCUT2D eigenvalue weighted by Gasteiger charge is 2.31. The molecule has 0 saturated heterocycles. The number of benzene rings is 1. The van der Waals surface area contributed by atoms with Gasteiger partial charge in [-0.2, -0.15) is 0 Å². The molecule has 1 saturated carbocycles. The van der Waals surface area contributed by atoms with Crippen molar-refractivity contribution in [2.75, 3.05) is 13.2 Å². The fraction of sp³-hybridized carbons (Fsp3) is 0.389. The molecule has 0 aromatic heterocycles. The molecule has 3 rings (SSSR count). The van der Waals surface area contributed by atoms with E-state index in [0.29, 0.717) is 11.1 Å². The quantitative estimate of drug-likeness (QED) is 0.540. The maximum atomic E-state index is 12.4. The molecule has 1 heterocycles. The summed E-state index contributed by atoms with van der Waals surface area (Å²) in [5.41, 5.74) is 1.10. The second-order valence-corrected chi connectivity index (χ2v) is 6.39. The molecule has 2 N–H and O–H groups in total. The van der Waals surface area contributed by atoms with E-state index in [2.05, 4.69) is 10.6 Å². The zero-order chi connectivity index (χ0) is 19.4. The summed E-state index contributed by atoms with van der Waals surface area (Å²) in [6.45, 7) is -0.740. The van der Waals surface area contributed by atoms with Crippen LogP contribution in [0.1, 0.15) is 35.2 Å². The summed E-state index contributed by atoms with van der Waals surface area (Å²) < 4.78 is 4.78. The van der Waals surface area contributed by atoms with Crippen LogP contribution in [0.3, 0.4) is 0 Å². The Kier molecular flexibility index (Phi) is 5.49. The minimum atomic E-state index is -0.749. The van der Waals surface area contributed by atoms with Gasteiger partial charge in [-0.15, -0.1) is 0 Å². The zero-order valence-corrected chi connectivity index (χ0v) is 14.5. The van der Waals surface area contributed by atoms with Gasteiger partial charge in [-0.25, -0.2) is 4.79 Å². The van der Waals surface area contributed by atoms with Crippen molar-refractivity contribution < 1.29 is 28.7 Å². The number of carbonyl (C=O) groups is 5. The summed E-state index contributed by atoms with van der Waals surface area (Å²) in [4.78, 5) is 60.2. The van der Waals surface area contributed by atoms with Gasteiger partial charge in [-0.05, 0) is 24.5 Å². The van der Waals surface area contributed by atoms with E-state index in [4.69, 9.17) is 4.74 Å². The first kappa shape index (κ1) is 18.6. The average molecular weight is 373 g/mol. The van der Waals surface area contributed by atoms with Gasteiger partial charge >= 0.3 is 12.0 Å². The lowest BCUT2D eigenvalue weighted by Gasteiger charge is -2.26. The van der Waals surface area contributed by atoms with Crippen molar-refractivity contribution in [3.05, 3.63) is 35.4 Å². The molecule has 1 aliphatic carbocycles. The van der Waals surface area contributed by atoms with Crippen molar-refractivity contribution >= 4 is 29.7 Å². The lowest BCUT2D eigenvalue weighted by atomic mass is 9.98. The number of fused-ring (bicyclic) bond motifs is 1. The van der Waals surface area contributed by atoms with Gasteiger partial charge < -0.3 is 10.1 Å². The predicted octanol–water partition coefficient (Wildman–Crippen LogP) is 0.133. The van der Waals surface area contributed by atoms with Crippen molar-refractivity contribution in [3.63, 3.8) is 0 Å². The van der Waals surface area contributed by atoms with Crippen LogP contribution in [0.2, 0.25) is 0 Å². The van der Waals surface area contributed by atoms with E-state index < -0.39 is 30.4 Å². The van der Waals surface area contributed by atoms with Crippen LogP contribution < -0.4 is 10.6 Å². The summed E-state index contributed by atoms with van der Waals surface area (Å²) in [7, 11) is 0. The van der Waals surface area contributed by atoms with Gasteiger partial charge in [0, 0.05) is 18.2 Å². The third kappa shape index (κ3) is 4.90. The number of rotatable bonds is 6. The van der Waals surface area contributed by atoms with Gasteiger partial charge in [0.2, 0.25) is 5.91 Å². The van der Waals surface area contributed by atoms with E-state index >= 15 is 0 Å². The average Bonchev–Trinajstić information content (AvgIpc) is 3.43. The second kappa shape index (κ2) is 7.98. The number of ether oxygens (including phenoxy) is 1. The van der Waals surface area contributed by atoms with Crippen molar-refractivity contribution in [2.24, 2.45) is 0 Å². The lowest BCUT2D eigenvalue weighted by Crippen LogP contribution is -2.44. The van der Waals surface area contributed by atoms with Crippen LogP contribution in [0, 0.1) is 0 Å². The van der Waals surface area contributed by atoms with E-state index in [0.717, 1.165) is 17.7 Å². The Morgan fingerprint density at radius 1 is 1.15 bits per heavy atom. The minimum absolute atomic E-state index is 0.0927. The van der Waals surface area contributed by atoms with Crippen molar-refractivity contribution in [1.29, 1.82) is 0 Å². The molecule has 0 spiro atoms. The van der Waals surface area contributed by atoms with Gasteiger partial charge in [-0.3, -0.25) is 29.4 Å². The van der Waals surface area contributed by atoms with Crippen LogP contribution in [0.15, 0.2) is 24.3 Å². The Labute approximate surface area is 155 Å². The highest BCUT2D eigenvalue weighted by molar-refractivity contribution is 6.09. The molecule has 27 heavy (non-hydrogen) atoms. The van der Waals surface area contributed by atoms with E-state index in [-0.39, 0.29) is 31.3 Å². The summed E-state index contributed by atoms with van der Waals surface area (Å²) in [6, 6.07) is 6.28. The van der Waals surface area contributed by atoms with Crippen LogP contribution in [-0.4, -0.2) is 53.8 Å².